The maximum Gasteiger partial charge on any atom is 0.295 e. The molecule has 0 aromatic heterocycles. The SMILES string of the molecule is COc1cccc(C=NNC(=O)C[NH+]2CCN(S(=O)(=O)c3ccc(C)cc3)CC2)c1. The summed E-state index contributed by atoms with van der Waals surface area (Å²) in [7, 11) is -1.91. The number of quaternary nitrogens is 1. The molecule has 3 rings (SSSR count). The van der Waals surface area contributed by atoms with Crippen molar-refractivity contribution in [3.05, 3.63) is 59.7 Å². The van der Waals surface area contributed by atoms with Gasteiger partial charge in [0.2, 0.25) is 10.0 Å². The first-order valence-electron chi connectivity index (χ1n) is 9.75. The van der Waals surface area contributed by atoms with Gasteiger partial charge in [0.25, 0.3) is 5.91 Å². The molecule has 1 amide bonds. The van der Waals surface area contributed by atoms with Gasteiger partial charge >= 0.3 is 0 Å². The maximum atomic E-state index is 12.8. The van der Waals surface area contributed by atoms with Crippen LogP contribution in [-0.2, 0) is 14.8 Å². The number of carbonyl (C=O) groups is 1. The zero-order valence-electron chi connectivity index (χ0n) is 17.2. The molecule has 8 nitrogen and oxygen atoms in total. The summed E-state index contributed by atoms with van der Waals surface area (Å²) in [4.78, 5) is 13.5. The van der Waals surface area contributed by atoms with E-state index in [1.807, 2.05) is 31.2 Å². The van der Waals surface area contributed by atoms with Gasteiger partial charge in [0.15, 0.2) is 6.54 Å². The summed E-state index contributed by atoms with van der Waals surface area (Å²) in [5.74, 6) is 0.507. The van der Waals surface area contributed by atoms with E-state index in [0.717, 1.165) is 16.0 Å². The lowest BCUT2D eigenvalue weighted by Crippen LogP contribution is -3.15. The van der Waals surface area contributed by atoms with Gasteiger partial charge in [0.05, 0.1) is 44.4 Å². The number of ether oxygens (including phenoxy) is 1. The van der Waals surface area contributed by atoms with Crippen LogP contribution in [0, 0.1) is 6.92 Å². The fourth-order valence-electron chi connectivity index (χ4n) is 3.25. The number of piperazine rings is 1. The molecule has 9 heteroatoms. The Balaban J connectivity index is 1.47. The van der Waals surface area contributed by atoms with Crippen LogP contribution < -0.4 is 15.1 Å². The van der Waals surface area contributed by atoms with E-state index < -0.39 is 10.0 Å². The largest absolute Gasteiger partial charge is 0.497 e. The first kappa shape index (κ1) is 21.9. The average Bonchev–Trinajstić information content (AvgIpc) is 2.74. The van der Waals surface area contributed by atoms with Crippen LogP contribution in [0.25, 0.3) is 0 Å². The van der Waals surface area contributed by atoms with Crippen LogP contribution in [0.15, 0.2) is 58.5 Å². The van der Waals surface area contributed by atoms with Crippen molar-refractivity contribution >= 4 is 22.1 Å². The zero-order chi connectivity index (χ0) is 21.6. The average molecular weight is 432 g/mol. The van der Waals surface area contributed by atoms with Gasteiger partial charge in [-0.25, -0.2) is 13.8 Å². The van der Waals surface area contributed by atoms with E-state index in [9.17, 15) is 13.2 Å². The van der Waals surface area contributed by atoms with Crippen molar-refractivity contribution < 1.29 is 22.8 Å². The molecule has 0 saturated carbocycles. The molecule has 0 unspecified atom stereocenters. The number of methoxy groups -OCH3 is 1. The second-order valence-electron chi connectivity index (χ2n) is 7.21. The van der Waals surface area contributed by atoms with E-state index in [-0.39, 0.29) is 12.5 Å². The highest BCUT2D eigenvalue weighted by molar-refractivity contribution is 7.89. The highest BCUT2D eigenvalue weighted by Crippen LogP contribution is 2.16. The number of carbonyl (C=O) groups excluding carboxylic acids is 1. The number of nitrogens with one attached hydrogen (secondary N) is 2. The van der Waals surface area contributed by atoms with Crippen LogP contribution in [0.4, 0.5) is 0 Å². The fraction of sp³-hybridized carbons (Fsp3) is 0.333. The van der Waals surface area contributed by atoms with E-state index in [1.54, 1.807) is 37.6 Å². The Hall–Kier alpha value is -2.75. The monoisotopic (exact) mass is 431 g/mol. The molecule has 1 aliphatic rings. The Kier molecular flexibility index (Phi) is 7.20. The third kappa shape index (κ3) is 5.65. The molecule has 0 spiro atoms. The lowest BCUT2D eigenvalue weighted by molar-refractivity contribution is -0.895. The summed E-state index contributed by atoms with van der Waals surface area (Å²) in [6, 6.07) is 14.2. The maximum absolute atomic E-state index is 12.8. The minimum Gasteiger partial charge on any atom is -0.497 e. The molecule has 0 radical (unpaired) electrons. The lowest BCUT2D eigenvalue weighted by Gasteiger charge is -2.31. The predicted molar refractivity (Wildman–Crippen MR) is 114 cm³/mol. The lowest BCUT2D eigenvalue weighted by atomic mass is 10.2. The molecular weight excluding hydrogens is 404 g/mol. The molecule has 1 saturated heterocycles. The topological polar surface area (TPSA) is 92.5 Å². The van der Waals surface area contributed by atoms with Crippen LogP contribution in [-0.4, -0.2) is 64.7 Å². The van der Waals surface area contributed by atoms with Crippen LogP contribution in [0.3, 0.4) is 0 Å². The third-order valence-corrected chi connectivity index (χ3v) is 6.91. The number of sulfonamides is 1. The zero-order valence-corrected chi connectivity index (χ0v) is 18.0. The summed E-state index contributed by atoms with van der Waals surface area (Å²) < 4.78 is 32.2. The smallest absolute Gasteiger partial charge is 0.295 e. The number of amides is 1. The van der Waals surface area contributed by atoms with Crippen molar-refractivity contribution in [2.45, 2.75) is 11.8 Å². The molecule has 2 N–H and O–H groups in total. The van der Waals surface area contributed by atoms with Crippen molar-refractivity contribution in [1.29, 1.82) is 0 Å². The number of hydrazone groups is 1. The molecule has 0 atom stereocenters. The van der Waals surface area contributed by atoms with Crippen molar-refractivity contribution in [1.82, 2.24) is 9.73 Å². The third-order valence-electron chi connectivity index (χ3n) is 5.00. The van der Waals surface area contributed by atoms with Crippen molar-refractivity contribution in [2.75, 3.05) is 39.8 Å². The number of aryl methyl sites for hydroxylation is 1. The van der Waals surface area contributed by atoms with Crippen LogP contribution in [0.2, 0.25) is 0 Å². The minimum atomic E-state index is -3.50. The van der Waals surface area contributed by atoms with Crippen molar-refractivity contribution in [2.24, 2.45) is 5.10 Å². The molecule has 1 aliphatic heterocycles. The number of rotatable bonds is 7. The molecule has 1 heterocycles. The summed E-state index contributed by atoms with van der Waals surface area (Å²) in [5.41, 5.74) is 4.36. The van der Waals surface area contributed by atoms with Crippen LogP contribution in [0.1, 0.15) is 11.1 Å². The van der Waals surface area contributed by atoms with Gasteiger partial charge in [0.1, 0.15) is 5.75 Å². The number of benzene rings is 2. The second kappa shape index (κ2) is 9.84. The molecule has 0 aliphatic carbocycles. The highest BCUT2D eigenvalue weighted by Gasteiger charge is 2.31. The molecule has 0 bridgehead atoms. The molecule has 1 fully saturated rings. The Labute approximate surface area is 177 Å². The predicted octanol–water partition coefficient (Wildman–Crippen LogP) is 0.0431. The van der Waals surface area contributed by atoms with Gasteiger partial charge in [-0.05, 0) is 36.8 Å². The summed E-state index contributed by atoms with van der Waals surface area (Å²) >= 11 is 0. The van der Waals surface area contributed by atoms with Crippen molar-refractivity contribution in [3.63, 3.8) is 0 Å². The van der Waals surface area contributed by atoms with E-state index in [1.165, 1.54) is 4.31 Å². The fourth-order valence-corrected chi connectivity index (χ4v) is 4.69. The van der Waals surface area contributed by atoms with Crippen LogP contribution in [0.5, 0.6) is 5.75 Å². The van der Waals surface area contributed by atoms with Gasteiger partial charge in [-0.1, -0.05) is 29.8 Å². The Morgan fingerprint density at radius 3 is 2.57 bits per heavy atom. The van der Waals surface area contributed by atoms with E-state index in [0.29, 0.717) is 36.8 Å². The van der Waals surface area contributed by atoms with E-state index >= 15 is 0 Å². The van der Waals surface area contributed by atoms with E-state index in [4.69, 9.17) is 4.74 Å². The summed E-state index contributed by atoms with van der Waals surface area (Å²) in [6.45, 7) is 4.06. The van der Waals surface area contributed by atoms with Gasteiger partial charge in [-0.15, -0.1) is 0 Å². The quantitative estimate of drug-likeness (QED) is 0.478. The molecule has 160 valence electrons. The molecule has 2 aromatic carbocycles. The number of hydrogen-bond donors (Lipinski definition) is 2. The minimum absolute atomic E-state index is 0.209. The normalized spacial score (nSPS) is 15.9. The van der Waals surface area contributed by atoms with Gasteiger partial charge < -0.3 is 9.64 Å². The van der Waals surface area contributed by atoms with Crippen LogP contribution >= 0.6 is 0 Å². The van der Waals surface area contributed by atoms with Gasteiger partial charge in [-0.2, -0.15) is 9.41 Å². The summed E-state index contributed by atoms with van der Waals surface area (Å²) in [5, 5.41) is 3.98. The Morgan fingerprint density at radius 1 is 1.20 bits per heavy atom. The van der Waals surface area contributed by atoms with Gasteiger partial charge in [-0.3, -0.25) is 4.79 Å². The highest BCUT2D eigenvalue weighted by atomic mass is 32.2. The summed E-state index contributed by atoms with van der Waals surface area (Å²) in [6.07, 6.45) is 1.56. The first-order valence-corrected chi connectivity index (χ1v) is 11.2. The molecule has 30 heavy (non-hydrogen) atoms. The Bertz CT molecular complexity index is 998. The standard InChI is InChI=1S/C21H26N4O4S/c1-17-6-8-20(9-7-17)30(27,28)25-12-10-24(11-13-25)16-21(26)23-22-15-18-4-3-5-19(14-18)29-2/h3-9,14-15H,10-13,16H2,1-2H3,(H,23,26)/p+1. The van der Waals surface area contributed by atoms with Crippen molar-refractivity contribution in [3.8, 4) is 5.75 Å². The van der Waals surface area contributed by atoms with Gasteiger partial charge in [0, 0.05) is 0 Å². The second-order valence-corrected chi connectivity index (χ2v) is 9.15. The molecular formula is C21H27N4O4S+. The number of hydrogen-bond acceptors (Lipinski definition) is 5. The first-order chi connectivity index (χ1) is 14.4. The van der Waals surface area contributed by atoms with E-state index in [2.05, 4.69) is 10.5 Å². The molecule has 2 aromatic rings. The number of nitrogens with zero attached hydrogens (tertiary/aromatic N) is 2. The Morgan fingerprint density at radius 2 is 1.90 bits per heavy atom.